The lowest BCUT2D eigenvalue weighted by Gasteiger charge is -2.25. The maximum Gasteiger partial charge on any atom is 0.240 e. The smallest absolute Gasteiger partial charge is 0.240 e. The molecule has 2 aliphatic rings. The molecule has 16 heavy (non-hydrogen) atoms. The summed E-state index contributed by atoms with van der Waals surface area (Å²) in [5, 5.41) is 2.32. The average molecular weight is 224 g/mol. The second-order valence-electron chi connectivity index (χ2n) is 4.97. The van der Waals surface area contributed by atoms with Crippen molar-refractivity contribution < 1.29 is 9.59 Å². The van der Waals surface area contributed by atoms with Crippen molar-refractivity contribution in [3.8, 4) is 0 Å². The number of carbonyl (C=O) groups excluding carboxylic acids is 2. The molecule has 0 unspecified atom stereocenters. The van der Waals surface area contributed by atoms with E-state index in [0.29, 0.717) is 13.1 Å². The van der Waals surface area contributed by atoms with Gasteiger partial charge in [0, 0.05) is 0 Å². The molecule has 1 aliphatic heterocycles. The lowest BCUT2D eigenvalue weighted by Crippen LogP contribution is -2.51. The highest BCUT2D eigenvalue weighted by Gasteiger charge is 2.22. The van der Waals surface area contributed by atoms with E-state index in [1.54, 1.807) is 0 Å². The minimum Gasteiger partial charge on any atom is -0.294 e. The molecule has 2 fully saturated rings. The van der Waals surface area contributed by atoms with Gasteiger partial charge in [-0.2, -0.15) is 0 Å². The van der Waals surface area contributed by atoms with Crippen molar-refractivity contribution in [1.82, 2.24) is 10.2 Å². The zero-order chi connectivity index (χ0) is 11.4. The van der Waals surface area contributed by atoms with Crippen LogP contribution in [0.2, 0.25) is 0 Å². The summed E-state index contributed by atoms with van der Waals surface area (Å²) in [5.74, 6) is 0.587. The van der Waals surface area contributed by atoms with Crippen molar-refractivity contribution in [2.75, 3.05) is 19.6 Å². The van der Waals surface area contributed by atoms with Gasteiger partial charge in [0.1, 0.15) is 0 Å². The maximum absolute atomic E-state index is 11.1. The van der Waals surface area contributed by atoms with Crippen LogP contribution in [-0.2, 0) is 9.59 Å². The van der Waals surface area contributed by atoms with E-state index in [-0.39, 0.29) is 11.8 Å². The fraction of sp³-hybridized carbons (Fsp3) is 0.833. The van der Waals surface area contributed by atoms with Gasteiger partial charge in [-0.15, -0.1) is 0 Å². The van der Waals surface area contributed by atoms with Gasteiger partial charge in [0.05, 0.1) is 13.1 Å². The highest BCUT2D eigenvalue weighted by Crippen LogP contribution is 2.28. The first-order valence-corrected chi connectivity index (χ1v) is 6.29. The number of rotatable bonds is 4. The Kier molecular flexibility index (Phi) is 3.93. The highest BCUT2D eigenvalue weighted by atomic mass is 16.2. The first-order valence-electron chi connectivity index (χ1n) is 6.29. The summed E-state index contributed by atoms with van der Waals surface area (Å²) in [6.45, 7) is 1.66. The van der Waals surface area contributed by atoms with Crippen LogP contribution in [0.4, 0.5) is 0 Å². The zero-order valence-electron chi connectivity index (χ0n) is 9.71. The Labute approximate surface area is 96.4 Å². The summed E-state index contributed by atoms with van der Waals surface area (Å²) in [6, 6.07) is 0. The van der Waals surface area contributed by atoms with Gasteiger partial charge in [-0.05, 0) is 25.3 Å². The molecule has 0 spiro atoms. The summed E-state index contributed by atoms with van der Waals surface area (Å²) < 4.78 is 0. The van der Waals surface area contributed by atoms with Crippen LogP contribution in [0.5, 0.6) is 0 Å². The number of nitrogens with zero attached hydrogens (tertiary/aromatic N) is 1. The van der Waals surface area contributed by atoms with Crippen molar-refractivity contribution in [1.29, 1.82) is 0 Å². The maximum atomic E-state index is 11.1. The summed E-state index contributed by atoms with van der Waals surface area (Å²) >= 11 is 0. The van der Waals surface area contributed by atoms with Crippen molar-refractivity contribution in [2.45, 2.75) is 38.5 Å². The topological polar surface area (TPSA) is 49.4 Å². The molecular weight excluding hydrogens is 204 g/mol. The third-order valence-corrected chi connectivity index (χ3v) is 3.57. The number of hydrogen-bond donors (Lipinski definition) is 1. The molecule has 0 atom stereocenters. The van der Waals surface area contributed by atoms with Crippen LogP contribution in [0.15, 0.2) is 0 Å². The number of amides is 2. The van der Waals surface area contributed by atoms with Crippen LogP contribution in [0.1, 0.15) is 38.5 Å². The fourth-order valence-electron chi connectivity index (χ4n) is 2.76. The molecule has 90 valence electrons. The predicted molar refractivity (Wildman–Crippen MR) is 60.8 cm³/mol. The second-order valence-corrected chi connectivity index (χ2v) is 4.97. The van der Waals surface area contributed by atoms with E-state index in [2.05, 4.69) is 5.32 Å². The Balaban J connectivity index is 1.65. The minimum atomic E-state index is -0.155. The molecule has 1 N–H and O–H groups in total. The Morgan fingerprint density at radius 3 is 2.38 bits per heavy atom. The van der Waals surface area contributed by atoms with Crippen molar-refractivity contribution >= 4 is 11.8 Å². The van der Waals surface area contributed by atoms with Gasteiger partial charge < -0.3 is 0 Å². The van der Waals surface area contributed by atoms with E-state index >= 15 is 0 Å². The van der Waals surface area contributed by atoms with Crippen LogP contribution >= 0.6 is 0 Å². The largest absolute Gasteiger partial charge is 0.294 e. The van der Waals surface area contributed by atoms with Crippen LogP contribution in [0, 0.1) is 5.92 Å². The molecule has 0 bridgehead atoms. The van der Waals surface area contributed by atoms with Crippen molar-refractivity contribution in [3.63, 3.8) is 0 Å². The first-order chi connectivity index (χ1) is 7.74. The van der Waals surface area contributed by atoms with E-state index < -0.39 is 0 Å². The van der Waals surface area contributed by atoms with Crippen LogP contribution in [-0.4, -0.2) is 36.3 Å². The third-order valence-electron chi connectivity index (χ3n) is 3.57. The molecule has 0 aromatic rings. The van der Waals surface area contributed by atoms with Gasteiger partial charge in [0.2, 0.25) is 11.8 Å². The van der Waals surface area contributed by atoms with Crippen molar-refractivity contribution in [3.05, 3.63) is 0 Å². The number of piperazine rings is 1. The standard InChI is InChI=1S/C12H20N2O2/c15-11-8-14(9-12(16)13-11)7-3-6-10-4-1-2-5-10/h10H,1-9H2,(H,13,15,16). The number of carbonyl (C=O) groups is 2. The van der Waals surface area contributed by atoms with E-state index in [4.69, 9.17) is 0 Å². The number of nitrogens with one attached hydrogen (secondary N) is 1. The molecule has 1 saturated carbocycles. The summed E-state index contributed by atoms with van der Waals surface area (Å²) in [5.41, 5.74) is 0. The summed E-state index contributed by atoms with van der Waals surface area (Å²) in [4.78, 5) is 24.2. The van der Waals surface area contributed by atoms with Gasteiger partial charge in [-0.1, -0.05) is 25.7 Å². The van der Waals surface area contributed by atoms with E-state index in [9.17, 15) is 9.59 Å². The Hall–Kier alpha value is -0.900. The molecule has 2 rings (SSSR count). The highest BCUT2D eigenvalue weighted by molar-refractivity contribution is 5.99. The van der Waals surface area contributed by atoms with Gasteiger partial charge in [0.25, 0.3) is 0 Å². The summed E-state index contributed by atoms with van der Waals surface area (Å²) in [6.07, 6.45) is 7.89. The van der Waals surface area contributed by atoms with Crippen LogP contribution < -0.4 is 5.32 Å². The molecule has 2 amide bonds. The second kappa shape index (κ2) is 5.43. The molecule has 0 radical (unpaired) electrons. The van der Waals surface area contributed by atoms with E-state index in [1.807, 2.05) is 4.90 Å². The molecule has 4 nitrogen and oxygen atoms in total. The molecule has 1 saturated heterocycles. The SMILES string of the molecule is O=C1CN(CCCC2CCCC2)CC(=O)N1. The van der Waals surface area contributed by atoms with Crippen LogP contribution in [0.25, 0.3) is 0 Å². The Morgan fingerprint density at radius 2 is 1.75 bits per heavy atom. The number of hydrogen-bond acceptors (Lipinski definition) is 3. The van der Waals surface area contributed by atoms with Gasteiger partial charge in [-0.25, -0.2) is 0 Å². The quantitative estimate of drug-likeness (QED) is 0.722. The Morgan fingerprint density at radius 1 is 1.12 bits per heavy atom. The summed E-state index contributed by atoms with van der Waals surface area (Å²) in [7, 11) is 0. The van der Waals surface area contributed by atoms with Crippen molar-refractivity contribution in [2.24, 2.45) is 5.92 Å². The monoisotopic (exact) mass is 224 g/mol. The lowest BCUT2D eigenvalue weighted by molar-refractivity contribution is -0.136. The number of imide groups is 1. The third kappa shape index (κ3) is 3.30. The molecule has 0 aromatic carbocycles. The Bertz CT molecular complexity index is 256. The molecule has 4 heteroatoms. The van der Waals surface area contributed by atoms with Gasteiger partial charge >= 0.3 is 0 Å². The molecular formula is C12H20N2O2. The lowest BCUT2D eigenvalue weighted by atomic mass is 10.0. The predicted octanol–water partition coefficient (Wildman–Crippen LogP) is 0.915. The fourth-order valence-corrected chi connectivity index (χ4v) is 2.76. The van der Waals surface area contributed by atoms with Gasteiger partial charge in [-0.3, -0.25) is 19.8 Å². The molecule has 1 aliphatic carbocycles. The van der Waals surface area contributed by atoms with E-state index in [1.165, 1.54) is 32.1 Å². The molecule has 1 heterocycles. The first kappa shape index (κ1) is 11.6. The van der Waals surface area contributed by atoms with Gasteiger partial charge in [0.15, 0.2) is 0 Å². The molecule has 0 aromatic heterocycles. The van der Waals surface area contributed by atoms with E-state index in [0.717, 1.165) is 18.9 Å². The average Bonchev–Trinajstić information content (AvgIpc) is 2.69. The zero-order valence-corrected chi connectivity index (χ0v) is 9.71. The normalized spacial score (nSPS) is 23.8. The minimum absolute atomic E-state index is 0.155. The van der Waals surface area contributed by atoms with Crippen LogP contribution in [0.3, 0.4) is 0 Å².